The van der Waals surface area contributed by atoms with Crippen LogP contribution in [-0.4, -0.2) is 61.1 Å². The summed E-state index contributed by atoms with van der Waals surface area (Å²) in [7, 11) is 0. The number of carbonyl (C=O) groups is 1. The molecular formula is C19H23F3N2O2. The third-order valence-corrected chi connectivity index (χ3v) is 4.80. The van der Waals surface area contributed by atoms with Crippen LogP contribution in [0.15, 0.2) is 30.3 Å². The van der Waals surface area contributed by atoms with Gasteiger partial charge in [0.1, 0.15) is 0 Å². The Bertz CT molecular complexity index is 646. The minimum absolute atomic E-state index is 0.167. The van der Waals surface area contributed by atoms with Gasteiger partial charge in [-0.3, -0.25) is 9.69 Å². The molecule has 0 radical (unpaired) electrons. The summed E-state index contributed by atoms with van der Waals surface area (Å²) in [4.78, 5) is 16.3. The number of piperazine rings is 1. The number of halogens is 3. The van der Waals surface area contributed by atoms with Gasteiger partial charge >= 0.3 is 6.18 Å². The van der Waals surface area contributed by atoms with Crippen molar-refractivity contribution in [1.82, 2.24) is 9.80 Å². The fraction of sp³-hybridized carbons (Fsp3) is 0.526. The van der Waals surface area contributed by atoms with Gasteiger partial charge < -0.3 is 9.64 Å². The predicted octanol–water partition coefficient (Wildman–Crippen LogP) is 3.04. The van der Waals surface area contributed by atoms with Gasteiger partial charge in [0.25, 0.3) is 0 Å². The lowest BCUT2D eigenvalue weighted by Crippen LogP contribution is -2.50. The van der Waals surface area contributed by atoms with Crippen molar-refractivity contribution in [2.75, 3.05) is 39.3 Å². The molecule has 1 amide bonds. The maximum Gasteiger partial charge on any atom is 0.416 e. The van der Waals surface area contributed by atoms with Gasteiger partial charge in [-0.2, -0.15) is 13.2 Å². The Morgan fingerprint density at radius 3 is 2.65 bits per heavy atom. The van der Waals surface area contributed by atoms with E-state index >= 15 is 0 Å². The van der Waals surface area contributed by atoms with Gasteiger partial charge in [-0.25, -0.2) is 0 Å². The van der Waals surface area contributed by atoms with Crippen molar-refractivity contribution in [3.63, 3.8) is 0 Å². The van der Waals surface area contributed by atoms with Crippen molar-refractivity contribution in [3.05, 3.63) is 41.5 Å². The van der Waals surface area contributed by atoms with Crippen LogP contribution < -0.4 is 0 Å². The molecule has 0 aromatic heterocycles. The van der Waals surface area contributed by atoms with E-state index in [1.54, 1.807) is 11.0 Å². The van der Waals surface area contributed by atoms with Crippen LogP contribution in [0.1, 0.15) is 24.0 Å². The molecule has 0 N–H and O–H groups in total. The number of rotatable bonds is 4. The zero-order valence-corrected chi connectivity index (χ0v) is 14.5. The van der Waals surface area contributed by atoms with Crippen molar-refractivity contribution in [3.8, 4) is 0 Å². The molecule has 1 aromatic carbocycles. The first-order chi connectivity index (χ1) is 12.4. The first-order valence-electron chi connectivity index (χ1n) is 8.90. The Morgan fingerprint density at radius 2 is 2.00 bits per heavy atom. The van der Waals surface area contributed by atoms with Crippen molar-refractivity contribution in [2.24, 2.45) is 0 Å². The predicted molar refractivity (Wildman–Crippen MR) is 92.5 cm³/mol. The molecule has 0 spiro atoms. The van der Waals surface area contributed by atoms with Gasteiger partial charge in [0.15, 0.2) is 0 Å². The second-order valence-corrected chi connectivity index (χ2v) is 6.72. The highest BCUT2D eigenvalue weighted by molar-refractivity contribution is 5.91. The van der Waals surface area contributed by atoms with E-state index in [0.29, 0.717) is 24.8 Å². The summed E-state index contributed by atoms with van der Waals surface area (Å²) >= 11 is 0. The Labute approximate surface area is 151 Å². The second kappa shape index (κ2) is 8.22. The summed E-state index contributed by atoms with van der Waals surface area (Å²) in [6.45, 7) is 4.58. The van der Waals surface area contributed by atoms with Crippen molar-refractivity contribution < 1.29 is 22.7 Å². The monoisotopic (exact) mass is 368 g/mol. The maximum absolute atomic E-state index is 12.7. The van der Waals surface area contributed by atoms with Crippen LogP contribution in [0.3, 0.4) is 0 Å². The summed E-state index contributed by atoms with van der Waals surface area (Å²) in [6.07, 6.45) is 0.926. The molecule has 26 heavy (non-hydrogen) atoms. The summed E-state index contributed by atoms with van der Waals surface area (Å²) in [5, 5.41) is 0. The van der Waals surface area contributed by atoms with E-state index in [1.165, 1.54) is 18.2 Å². The summed E-state index contributed by atoms with van der Waals surface area (Å²) < 4.78 is 43.8. The van der Waals surface area contributed by atoms with Crippen LogP contribution in [0, 0.1) is 0 Å². The Hall–Kier alpha value is -1.86. The zero-order chi connectivity index (χ0) is 18.6. The van der Waals surface area contributed by atoms with Crippen LogP contribution in [-0.2, 0) is 15.7 Å². The molecular weight excluding hydrogens is 345 g/mol. The average Bonchev–Trinajstić information content (AvgIpc) is 3.13. The molecule has 2 saturated heterocycles. The second-order valence-electron chi connectivity index (χ2n) is 6.72. The van der Waals surface area contributed by atoms with E-state index in [-0.39, 0.29) is 5.91 Å². The van der Waals surface area contributed by atoms with Gasteiger partial charge in [-0.05, 0) is 36.6 Å². The third kappa shape index (κ3) is 5.08. The first-order valence-corrected chi connectivity index (χ1v) is 8.90. The SMILES string of the molecule is O=C(/C=C/c1cccc(C(F)(F)F)c1)N1CCN(C[C@@H]2CCCO2)CC1. The fourth-order valence-electron chi connectivity index (χ4n) is 3.32. The van der Waals surface area contributed by atoms with E-state index in [2.05, 4.69) is 4.90 Å². The number of nitrogens with zero attached hydrogens (tertiary/aromatic N) is 2. The minimum atomic E-state index is -4.38. The molecule has 2 aliphatic heterocycles. The van der Waals surface area contributed by atoms with E-state index in [0.717, 1.165) is 51.2 Å². The Balaban J connectivity index is 1.50. The number of alkyl halides is 3. The van der Waals surface area contributed by atoms with Crippen LogP contribution in [0.25, 0.3) is 6.08 Å². The van der Waals surface area contributed by atoms with E-state index in [9.17, 15) is 18.0 Å². The van der Waals surface area contributed by atoms with Crippen molar-refractivity contribution in [2.45, 2.75) is 25.1 Å². The Morgan fingerprint density at radius 1 is 1.23 bits per heavy atom. The number of benzene rings is 1. The number of hydrogen-bond donors (Lipinski definition) is 0. The zero-order valence-electron chi connectivity index (χ0n) is 14.5. The first kappa shape index (κ1) is 18.9. The van der Waals surface area contributed by atoms with E-state index < -0.39 is 11.7 Å². The molecule has 2 aliphatic rings. The molecule has 2 fully saturated rings. The standard InChI is InChI=1S/C19H23F3N2O2/c20-19(21,22)16-4-1-3-15(13-16)6-7-18(25)24-10-8-23(9-11-24)14-17-5-2-12-26-17/h1,3-4,6-7,13,17H,2,5,8-12,14H2/b7-6+/t17-/m0/s1. The summed E-state index contributed by atoms with van der Waals surface area (Å²) in [6, 6.07) is 4.96. The Kier molecular flexibility index (Phi) is 5.98. The molecule has 7 heteroatoms. The van der Waals surface area contributed by atoms with Crippen LogP contribution >= 0.6 is 0 Å². The normalized spacial score (nSPS) is 22.3. The number of hydrogen-bond acceptors (Lipinski definition) is 3. The minimum Gasteiger partial charge on any atom is -0.377 e. The molecule has 0 saturated carbocycles. The lowest BCUT2D eigenvalue weighted by molar-refractivity contribution is -0.137. The maximum atomic E-state index is 12.7. The molecule has 0 unspecified atom stereocenters. The highest BCUT2D eigenvalue weighted by Crippen LogP contribution is 2.29. The highest BCUT2D eigenvalue weighted by atomic mass is 19.4. The lowest BCUT2D eigenvalue weighted by Gasteiger charge is -2.35. The van der Waals surface area contributed by atoms with Crippen LogP contribution in [0.4, 0.5) is 13.2 Å². The average molecular weight is 368 g/mol. The van der Waals surface area contributed by atoms with Gasteiger partial charge in [0.05, 0.1) is 11.7 Å². The topological polar surface area (TPSA) is 32.8 Å². The number of amides is 1. The van der Waals surface area contributed by atoms with Gasteiger partial charge in [0.2, 0.25) is 5.91 Å². The van der Waals surface area contributed by atoms with E-state index in [4.69, 9.17) is 4.74 Å². The molecule has 3 rings (SSSR count). The molecule has 2 heterocycles. The van der Waals surface area contributed by atoms with E-state index in [1.807, 2.05) is 0 Å². The largest absolute Gasteiger partial charge is 0.416 e. The molecule has 142 valence electrons. The van der Waals surface area contributed by atoms with Gasteiger partial charge in [-0.15, -0.1) is 0 Å². The smallest absolute Gasteiger partial charge is 0.377 e. The molecule has 4 nitrogen and oxygen atoms in total. The van der Waals surface area contributed by atoms with Crippen molar-refractivity contribution in [1.29, 1.82) is 0 Å². The molecule has 1 aromatic rings. The van der Waals surface area contributed by atoms with Gasteiger partial charge in [-0.1, -0.05) is 12.1 Å². The number of carbonyl (C=O) groups excluding carboxylic acids is 1. The highest BCUT2D eigenvalue weighted by Gasteiger charge is 2.30. The lowest BCUT2D eigenvalue weighted by atomic mass is 10.1. The van der Waals surface area contributed by atoms with Crippen LogP contribution in [0.5, 0.6) is 0 Å². The van der Waals surface area contributed by atoms with Crippen LogP contribution in [0.2, 0.25) is 0 Å². The molecule has 0 aliphatic carbocycles. The quantitative estimate of drug-likeness (QED) is 0.766. The fourth-order valence-corrected chi connectivity index (χ4v) is 3.32. The van der Waals surface area contributed by atoms with Crippen molar-refractivity contribution >= 4 is 12.0 Å². The van der Waals surface area contributed by atoms with Gasteiger partial charge in [0, 0.05) is 45.4 Å². The summed E-state index contributed by atoms with van der Waals surface area (Å²) in [5.74, 6) is -0.167. The molecule has 0 bridgehead atoms. The summed E-state index contributed by atoms with van der Waals surface area (Å²) in [5.41, 5.74) is -0.347. The number of ether oxygens (including phenoxy) is 1. The third-order valence-electron chi connectivity index (χ3n) is 4.80. The molecule has 1 atom stereocenters.